The number of carbonyl (C=O) groups excluding carboxylic acids is 1. The number of aryl methyl sites for hydroxylation is 2. The highest BCUT2D eigenvalue weighted by atomic mass is 16.5. The van der Waals surface area contributed by atoms with Crippen molar-refractivity contribution in [1.82, 2.24) is 14.9 Å². The summed E-state index contributed by atoms with van der Waals surface area (Å²) < 4.78 is 12.2. The highest BCUT2D eigenvalue weighted by Gasteiger charge is 2.49. The Morgan fingerprint density at radius 2 is 2.15 bits per heavy atom. The van der Waals surface area contributed by atoms with E-state index in [-0.39, 0.29) is 17.6 Å². The molecule has 2 fully saturated rings. The van der Waals surface area contributed by atoms with Gasteiger partial charge in [0.2, 0.25) is 0 Å². The zero-order chi connectivity index (χ0) is 18.9. The summed E-state index contributed by atoms with van der Waals surface area (Å²) in [5.74, 6) is 0.0226. The molecular weight excluding hydrogens is 342 g/mol. The second-order valence-electron chi connectivity index (χ2n) is 7.67. The number of pyridine rings is 2. The largest absolute Gasteiger partial charge is 0.373 e. The van der Waals surface area contributed by atoms with Crippen molar-refractivity contribution < 1.29 is 14.3 Å². The number of hydrogen-bond acceptors (Lipinski definition) is 5. The summed E-state index contributed by atoms with van der Waals surface area (Å²) in [5, 5.41) is 0. The maximum atomic E-state index is 12.6. The second-order valence-corrected chi connectivity index (χ2v) is 7.67. The van der Waals surface area contributed by atoms with Gasteiger partial charge < -0.3 is 14.4 Å². The lowest BCUT2D eigenvalue weighted by atomic mass is 9.84. The van der Waals surface area contributed by atoms with Gasteiger partial charge in [-0.15, -0.1) is 0 Å². The molecule has 6 heteroatoms. The van der Waals surface area contributed by atoms with E-state index in [0.29, 0.717) is 31.9 Å². The summed E-state index contributed by atoms with van der Waals surface area (Å²) in [6.07, 6.45) is 8.90. The quantitative estimate of drug-likeness (QED) is 0.831. The van der Waals surface area contributed by atoms with Crippen molar-refractivity contribution in [3.8, 4) is 0 Å². The third-order valence-corrected chi connectivity index (χ3v) is 5.44. The van der Waals surface area contributed by atoms with Crippen LogP contribution in [0.2, 0.25) is 0 Å². The van der Waals surface area contributed by atoms with Gasteiger partial charge in [-0.05, 0) is 49.1 Å². The number of amides is 1. The third kappa shape index (κ3) is 3.87. The maximum absolute atomic E-state index is 12.6. The molecule has 0 N–H and O–H groups in total. The van der Waals surface area contributed by atoms with Crippen LogP contribution in [0.4, 0.5) is 0 Å². The van der Waals surface area contributed by atoms with Crippen LogP contribution in [0, 0.1) is 13.8 Å². The van der Waals surface area contributed by atoms with Crippen LogP contribution in [-0.2, 0) is 16.1 Å². The van der Waals surface area contributed by atoms with E-state index >= 15 is 0 Å². The van der Waals surface area contributed by atoms with Gasteiger partial charge in [0.05, 0.1) is 31.4 Å². The van der Waals surface area contributed by atoms with Gasteiger partial charge in [0.1, 0.15) is 5.60 Å². The molecule has 1 atom stereocenters. The molecule has 142 valence electrons. The molecule has 0 aromatic carbocycles. The number of nitrogens with zero attached hydrogens (tertiary/aromatic N) is 3. The van der Waals surface area contributed by atoms with Crippen molar-refractivity contribution in [3.05, 3.63) is 59.2 Å². The van der Waals surface area contributed by atoms with Crippen LogP contribution in [0.3, 0.4) is 0 Å². The topological polar surface area (TPSA) is 64.6 Å². The number of ether oxygens (including phenoxy) is 2. The molecule has 0 unspecified atom stereocenters. The molecule has 2 aliphatic heterocycles. The molecule has 0 aliphatic carbocycles. The van der Waals surface area contributed by atoms with Gasteiger partial charge in [0.25, 0.3) is 5.91 Å². The Hall–Kier alpha value is -2.31. The highest BCUT2D eigenvalue weighted by molar-refractivity contribution is 5.94. The molecule has 6 nitrogen and oxygen atoms in total. The summed E-state index contributed by atoms with van der Waals surface area (Å²) in [6, 6.07) is 3.88. The lowest BCUT2D eigenvalue weighted by Crippen LogP contribution is -2.67. The zero-order valence-electron chi connectivity index (χ0n) is 15.9. The predicted octanol–water partition coefficient (Wildman–Crippen LogP) is 2.68. The average molecular weight is 367 g/mol. The van der Waals surface area contributed by atoms with Gasteiger partial charge in [0, 0.05) is 37.8 Å². The van der Waals surface area contributed by atoms with Crippen molar-refractivity contribution >= 4 is 5.91 Å². The van der Waals surface area contributed by atoms with Gasteiger partial charge in [-0.1, -0.05) is 0 Å². The van der Waals surface area contributed by atoms with Gasteiger partial charge in [-0.25, -0.2) is 0 Å². The summed E-state index contributed by atoms with van der Waals surface area (Å²) in [7, 11) is 0. The SMILES string of the molecule is Cc1cncc(C(=O)N2CC3(C[C@@H](OCc4cnccc4C)CCO3)C2)c1. The van der Waals surface area contributed by atoms with E-state index in [0.717, 1.165) is 24.0 Å². The van der Waals surface area contributed by atoms with Gasteiger partial charge in [-0.3, -0.25) is 14.8 Å². The molecule has 2 aromatic rings. The van der Waals surface area contributed by atoms with E-state index < -0.39 is 0 Å². The molecule has 2 saturated heterocycles. The molecule has 1 amide bonds. The Morgan fingerprint density at radius 3 is 2.93 bits per heavy atom. The van der Waals surface area contributed by atoms with Crippen LogP contribution in [-0.4, -0.2) is 52.2 Å². The molecule has 1 spiro atoms. The Kier molecular flexibility index (Phi) is 4.93. The molecule has 2 aromatic heterocycles. The summed E-state index contributed by atoms with van der Waals surface area (Å²) in [5.41, 5.74) is 3.68. The molecule has 2 aliphatic rings. The normalized spacial score (nSPS) is 21.1. The minimum Gasteiger partial charge on any atom is -0.373 e. The molecule has 27 heavy (non-hydrogen) atoms. The van der Waals surface area contributed by atoms with Gasteiger partial charge >= 0.3 is 0 Å². The maximum Gasteiger partial charge on any atom is 0.255 e. The standard InChI is InChI=1S/C21H25N3O3/c1-15-7-17(10-23-9-15)20(25)24-13-21(14-24)8-19(4-6-27-21)26-12-18-11-22-5-3-16(18)2/h3,5,7,9-11,19H,4,6,8,12-14H2,1-2H3/t19-/m0/s1. The fourth-order valence-electron chi connectivity index (χ4n) is 3.85. The second kappa shape index (κ2) is 7.37. The van der Waals surface area contributed by atoms with E-state index in [1.165, 1.54) is 5.56 Å². The van der Waals surface area contributed by atoms with Crippen LogP contribution >= 0.6 is 0 Å². The molecule has 4 heterocycles. The van der Waals surface area contributed by atoms with Crippen LogP contribution in [0.5, 0.6) is 0 Å². The number of aromatic nitrogens is 2. The van der Waals surface area contributed by atoms with E-state index in [4.69, 9.17) is 9.47 Å². The highest BCUT2D eigenvalue weighted by Crippen LogP contribution is 2.36. The van der Waals surface area contributed by atoms with Gasteiger partial charge in [-0.2, -0.15) is 0 Å². The Labute approximate surface area is 159 Å². The first kappa shape index (κ1) is 18.1. The van der Waals surface area contributed by atoms with Gasteiger partial charge in [0.15, 0.2) is 0 Å². The Bertz CT molecular complexity index is 833. The van der Waals surface area contributed by atoms with Crippen molar-refractivity contribution in [2.45, 2.75) is 45.0 Å². The number of rotatable bonds is 4. The lowest BCUT2D eigenvalue weighted by molar-refractivity contribution is -0.188. The average Bonchev–Trinajstić information content (AvgIpc) is 2.65. The number of carbonyl (C=O) groups is 1. The first-order valence-electron chi connectivity index (χ1n) is 9.41. The molecule has 0 saturated carbocycles. The van der Waals surface area contributed by atoms with Crippen LogP contribution in [0.15, 0.2) is 36.9 Å². The van der Waals surface area contributed by atoms with Crippen molar-refractivity contribution in [2.24, 2.45) is 0 Å². The fraction of sp³-hybridized carbons (Fsp3) is 0.476. The summed E-state index contributed by atoms with van der Waals surface area (Å²) in [4.78, 5) is 22.8. The van der Waals surface area contributed by atoms with Crippen molar-refractivity contribution in [3.63, 3.8) is 0 Å². The van der Waals surface area contributed by atoms with E-state index in [1.807, 2.05) is 30.2 Å². The fourth-order valence-corrected chi connectivity index (χ4v) is 3.85. The molecule has 0 radical (unpaired) electrons. The van der Waals surface area contributed by atoms with Crippen molar-refractivity contribution in [1.29, 1.82) is 0 Å². The monoisotopic (exact) mass is 367 g/mol. The summed E-state index contributed by atoms with van der Waals surface area (Å²) >= 11 is 0. The summed E-state index contributed by atoms with van der Waals surface area (Å²) in [6.45, 7) is 6.48. The van der Waals surface area contributed by atoms with E-state index in [9.17, 15) is 4.79 Å². The van der Waals surface area contributed by atoms with Crippen LogP contribution < -0.4 is 0 Å². The van der Waals surface area contributed by atoms with E-state index in [2.05, 4.69) is 16.9 Å². The van der Waals surface area contributed by atoms with Crippen LogP contribution in [0.1, 0.15) is 39.9 Å². The minimum atomic E-state index is -0.264. The lowest BCUT2D eigenvalue weighted by Gasteiger charge is -2.53. The molecule has 0 bridgehead atoms. The first-order valence-corrected chi connectivity index (χ1v) is 9.41. The Morgan fingerprint density at radius 1 is 1.30 bits per heavy atom. The minimum absolute atomic E-state index is 0.0226. The smallest absolute Gasteiger partial charge is 0.255 e. The number of hydrogen-bond donors (Lipinski definition) is 0. The molecule has 4 rings (SSSR count). The zero-order valence-corrected chi connectivity index (χ0v) is 15.9. The van der Waals surface area contributed by atoms with Crippen LogP contribution in [0.25, 0.3) is 0 Å². The Balaban J connectivity index is 1.33. The third-order valence-electron chi connectivity index (χ3n) is 5.44. The first-order chi connectivity index (χ1) is 13.0. The number of likely N-dealkylation sites (tertiary alicyclic amines) is 1. The van der Waals surface area contributed by atoms with Crippen molar-refractivity contribution in [2.75, 3.05) is 19.7 Å². The van der Waals surface area contributed by atoms with E-state index in [1.54, 1.807) is 18.6 Å². The molecular formula is C21H25N3O3. The predicted molar refractivity (Wildman–Crippen MR) is 100 cm³/mol.